The fourth-order valence-electron chi connectivity index (χ4n) is 1.65. The average molecular weight is 241 g/mol. The van der Waals surface area contributed by atoms with Gasteiger partial charge in [-0.05, 0) is 60.9 Å². The molecule has 0 amide bonds. The van der Waals surface area contributed by atoms with Gasteiger partial charge < -0.3 is 9.94 Å². The van der Waals surface area contributed by atoms with E-state index in [0.29, 0.717) is 0 Å². The van der Waals surface area contributed by atoms with E-state index in [4.69, 9.17) is 9.94 Å². The minimum Gasteiger partial charge on any atom is -0.457 e. The Kier molecular flexibility index (Phi) is 3.63. The normalized spacial score (nSPS) is 10.8. The molecule has 2 aromatic carbocycles. The van der Waals surface area contributed by atoms with Crippen molar-refractivity contribution in [2.75, 3.05) is 0 Å². The topological polar surface area (TPSA) is 41.8 Å². The first-order valence-corrected chi connectivity index (χ1v) is 5.72. The van der Waals surface area contributed by atoms with E-state index in [1.54, 1.807) is 0 Å². The van der Waals surface area contributed by atoms with Gasteiger partial charge in [0.05, 0.1) is 6.21 Å². The summed E-state index contributed by atoms with van der Waals surface area (Å²) in [4.78, 5) is 0. The van der Waals surface area contributed by atoms with Crippen molar-refractivity contribution in [2.45, 2.75) is 13.8 Å². The van der Waals surface area contributed by atoms with Gasteiger partial charge in [0.15, 0.2) is 0 Å². The van der Waals surface area contributed by atoms with E-state index in [0.717, 1.165) is 22.6 Å². The lowest BCUT2D eigenvalue weighted by Gasteiger charge is -2.10. The van der Waals surface area contributed by atoms with Crippen molar-refractivity contribution in [3.63, 3.8) is 0 Å². The molecular weight excluding hydrogens is 226 g/mol. The molecule has 0 saturated heterocycles. The number of rotatable bonds is 3. The number of hydrogen-bond donors (Lipinski definition) is 1. The first-order chi connectivity index (χ1) is 8.70. The summed E-state index contributed by atoms with van der Waals surface area (Å²) in [5, 5.41) is 11.4. The molecule has 0 aromatic heterocycles. The molecule has 0 atom stereocenters. The van der Waals surface area contributed by atoms with Crippen LogP contribution in [0, 0.1) is 13.8 Å². The Morgan fingerprint density at radius 1 is 1.06 bits per heavy atom. The van der Waals surface area contributed by atoms with Gasteiger partial charge in [-0.25, -0.2) is 0 Å². The van der Waals surface area contributed by atoms with E-state index in [9.17, 15) is 0 Å². The summed E-state index contributed by atoms with van der Waals surface area (Å²) in [6.07, 6.45) is 1.38. The summed E-state index contributed by atoms with van der Waals surface area (Å²) in [6.45, 7) is 4.10. The molecule has 2 aromatic rings. The highest BCUT2D eigenvalue weighted by atomic mass is 16.5. The van der Waals surface area contributed by atoms with Gasteiger partial charge in [-0.15, -0.1) is 0 Å². The zero-order valence-electron chi connectivity index (χ0n) is 10.4. The maximum absolute atomic E-state index is 8.43. The molecule has 2 rings (SSSR count). The van der Waals surface area contributed by atoms with Crippen LogP contribution in [0.15, 0.2) is 47.6 Å². The highest BCUT2D eigenvalue weighted by molar-refractivity contribution is 5.79. The molecule has 0 fully saturated rings. The number of nitrogens with zero attached hydrogens (tertiary/aromatic N) is 1. The maximum atomic E-state index is 8.43. The van der Waals surface area contributed by atoms with Crippen molar-refractivity contribution in [1.29, 1.82) is 0 Å². The molecule has 18 heavy (non-hydrogen) atoms. The summed E-state index contributed by atoms with van der Waals surface area (Å²) in [6, 6.07) is 13.3. The van der Waals surface area contributed by atoms with Gasteiger partial charge in [0.2, 0.25) is 0 Å². The van der Waals surface area contributed by atoms with E-state index in [-0.39, 0.29) is 0 Å². The van der Waals surface area contributed by atoms with Crippen molar-refractivity contribution in [3.8, 4) is 11.5 Å². The van der Waals surface area contributed by atoms with Crippen LogP contribution in [-0.4, -0.2) is 11.4 Å². The van der Waals surface area contributed by atoms with Gasteiger partial charge in [0.1, 0.15) is 11.5 Å². The molecule has 1 N–H and O–H groups in total. The van der Waals surface area contributed by atoms with Crippen molar-refractivity contribution < 1.29 is 9.94 Å². The maximum Gasteiger partial charge on any atom is 0.130 e. The predicted molar refractivity (Wildman–Crippen MR) is 71.8 cm³/mol. The second-order valence-electron chi connectivity index (χ2n) is 4.11. The van der Waals surface area contributed by atoms with Gasteiger partial charge in [0.25, 0.3) is 0 Å². The third-order valence-electron chi connectivity index (χ3n) is 2.87. The Labute approximate surface area is 106 Å². The second kappa shape index (κ2) is 5.36. The first-order valence-electron chi connectivity index (χ1n) is 5.72. The summed E-state index contributed by atoms with van der Waals surface area (Å²) < 4.78 is 5.82. The van der Waals surface area contributed by atoms with E-state index in [1.807, 2.05) is 43.3 Å². The Morgan fingerprint density at radius 2 is 1.78 bits per heavy atom. The van der Waals surface area contributed by atoms with Crippen LogP contribution in [0.25, 0.3) is 0 Å². The zero-order valence-corrected chi connectivity index (χ0v) is 10.4. The summed E-state index contributed by atoms with van der Waals surface area (Å²) in [5.74, 6) is 1.62. The number of oxime groups is 1. The standard InChI is InChI=1S/C15H15NO2/c1-11-4-3-5-15(12(11)2)18-14-8-6-13(7-9-14)10-16-17/h3-10,17H,1-2H3. The predicted octanol–water partition coefficient (Wildman–Crippen LogP) is 3.90. The molecule has 0 radical (unpaired) electrons. The van der Waals surface area contributed by atoms with Crippen LogP contribution in [0.3, 0.4) is 0 Å². The molecule has 0 spiro atoms. The van der Waals surface area contributed by atoms with Crippen molar-refractivity contribution in [3.05, 3.63) is 59.2 Å². The summed E-state index contributed by atoms with van der Waals surface area (Å²) >= 11 is 0. The lowest BCUT2D eigenvalue weighted by atomic mass is 10.1. The van der Waals surface area contributed by atoms with Crippen LogP contribution in [-0.2, 0) is 0 Å². The van der Waals surface area contributed by atoms with Gasteiger partial charge in [-0.1, -0.05) is 17.3 Å². The van der Waals surface area contributed by atoms with E-state index >= 15 is 0 Å². The third kappa shape index (κ3) is 2.69. The van der Waals surface area contributed by atoms with Crippen LogP contribution < -0.4 is 4.74 Å². The first kappa shape index (κ1) is 12.2. The van der Waals surface area contributed by atoms with Crippen LogP contribution in [0.1, 0.15) is 16.7 Å². The minimum absolute atomic E-state index is 0.763. The van der Waals surface area contributed by atoms with Gasteiger partial charge >= 0.3 is 0 Å². The second-order valence-corrected chi connectivity index (χ2v) is 4.11. The van der Waals surface area contributed by atoms with E-state index < -0.39 is 0 Å². The molecule has 0 heterocycles. The van der Waals surface area contributed by atoms with Crippen LogP contribution >= 0.6 is 0 Å². The molecule has 3 heteroatoms. The quantitative estimate of drug-likeness (QED) is 0.503. The van der Waals surface area contributed by atoms with Crippen molar-refractivity contribution in [2.24, 2.45) is 5.16 Å². The number of ether oxygens (including phenoxy) is 1. The Bertz CT molecular complexity index is 559. The molecule has 0 aliphatic carbocycles. The SMILES string of the molecule is Cc1cccc(Oc2ccc(C=NO)cc2)c1C. The molecule has 0 aliphatic rings. The minimum atomic E-state index is 0.763. The number of benzene rings is 2. The molecule has 0 aliphatic heterocycles. The Balaban J connectivity index is 2.21. The van der Waals surface area contributed by atoms with Crippen molar-refractivity contribution >= 4 is 6.21 Å². The largest absolute Gasteiger partial charge is 0.457 e. The summed E-state index contributed by atoms with van der Waals surface area (Å²) in [5.41, 5.74) is 3.17. The molecule has 0 unspecified atom stereocenters. The average Bonchev–Trinajstić information content (AvgIpc) is 2.38. The molecule has 0 saturated carbocycles. The smallest absolute Gasteiger partial charge is 0.130 e. The molecular formula is C15H15NO2. The Hall–Kier alpha value is -2.29. The lowest BCUT2D eigenvalue weighted by molar-refractivity contribution is 0.322. The fraction of sp³-hybridized carbons (Fsp3) is 0.133. The molecule has 0 bridgehead atoms. The van der Waals surface area contributed by atoms with Crippen LogP contribution in [0.2, 0.25) is 0 Å². The van der Waals surface area contributed by atoms with E-state index in [2.05, 4.69) is 18.1 Å². The van der Waals surface area contributed by atoms with Crippen molar-refractivity contribution in [1.82, 2.24) is 0 Å². The van der Waals surface area contributed by atoms with Crippen LogP contribution in [0.5, 0.6) is 11.5 Å². The zero-order chi connectivity index (χ0) is 13.0. The molecule has 92 valence electrons. The third-order valence-corrected chi connectivity index (χ3v) is 2.87. The molecule has 3 nitrogen and oxygen atoms in total. The lowest BCUT2D eigenvalue weighted by Crippen LogP contribution is -1.90. The number of hydrogen-bond acceptors (Lipinski definition) is 3. The van der Waals surface area contributed by atoms with E-state index in [1.165, 1.54) is 11.8 Å². The monoisotopic (exact) mass is 241 g/mol. The highest BCUT2D eigenvalue weighted by Gasteiger charge is 2.03. The summed E-state index contributed by atoms with van der Waals surface area (Å²) in [7, 11) is 0. The van der Waals surface area contributed by atoms with Gasteiger partial charge in [0, 0.05) is 0 Å². The highest BCUT2D eigenvalue weighted by Crippen LogP contribution is 2.26. The number of aryl methyl sites for hydroxylation is 1. The van der Waals surface area contributed by atoms with Gasteiger partial charge in [-0.2, -0.15) is 0 Å². The van der Waals surface area contributed by atoms with Gasteiger partial charge in [-0.3, -0.25) is 0 Å². The fourth-order valence-corrected chi connectivity index (χ4v) is 1.65. The van der Waals surface area contributed by atoms with Crippen LogP contribution in [0.4, 0.5) is 0 Å². The Morgan fingerprint density at radius 3 is 2.44 bits per heavy atom.